The first-order chi connectivity index (χ1) is 10.4. The van der Waals surface area contributed by atoms with Crippen molar-refractivity contribution in [2.45, 2.75) is 83.6 Å². The van der Waals surface area contributed by atoms with E-state index in [1.54, 1.807) is 0 Å². The highest BCUT2D eigenvalue weighted by atomic mass is 19.1. The summed E-state index contributed by atoms with van der Waals surface area (Å²) in [6.07, 6.45) is 6.22. The van der Waals surface area contributed by atoms with Crippen LogP contribution in [0.4, 0.5) is 4.39 Å². The Morgan fingerprint density at radius 3 is 2.36 bits per heavy atom. The van der Waals surface area contributed by atoms with Crippen LogP contribution in [0.25, 0.3) is 0 Å². The molecule has 0 aromatic carbocycles. The van der Waals surface area contributed by atoms with Gasteiger partial charge < -0.3 is 10.2 Å². The van der Waals surface area contributed by atoms with E-state index in [-0.39, 0.29) is 11.5 Å². The number of halogens is 1. The molecule has 0 aromatic rings. The van der Waals surface area contributed by atoms with E-state index >= 15 is 0 Å². The van der Waals surface area contributed by atoms with Crippen LogP contribution in [0, 0.1) is 34.5 Å². The molecule has 4 aliphatic rings. The SMILES string of the molecule is C[C@]12CC[C@H](O)CC1CCC1C2CC[C@@]2(C)C1C[C@@H](F)[C@@H]2O. The third-order valence-electron chi connectivity index (χ3n) is 8.57. The fraction of sp³-hybridized carbons (Fsp3) is 1.00. The van der Waals surface area contributed by atoms with Crippen LogP contribution >= 0.6 is 0 Å². The van der Waals surface area contributed by atoms with Gasteiger partial charge in [0.05, 0.1) is 12.2 Å². The monoisotopic (exact) mass is 310 g/mol. The molecule has 9 atom stereocenters. The number of rotatable bonds is 0. The van der Waals surface area contributed by atoms with Crippen LogP contribution in [-0.4, -0.2) is 28.6 Å². The molecule has 3 heteroatoms. The molecular weight excluding hydrogens is 279 g/mol. The lowest BCUT2D eigenvalue weighted by Gasteiger charge is -2.60. The summed E-state index contributed by atoms with van der Waals surface area (Å²) in [6, 6.07) is 0. The topological polar surface area (TPSA) is 40.5 Å². The van der Waals surface area contributed by atoms with Crippen molar-refractivity contribution in [2.24, 2.45) is 34.5 Å². The van der Waals surface area contributed by atoms with Gasteiger partial charge in [0.1, 0.15) is 6.17 Å². The minimum Gasteiger partial charge on any atom is -0.393 e. The van der Waals surface area contributed by atoms with Crippen LogP contribution in [0.2, 0.25) is 0 Å². The van der Waals surface area contributed by atoms with Crippen molar-refractivity contribution in [1.82, 2.24) is 0 Å². The number of hydrogen-bond donors (Lipinski definition) is 2. The Hall–Kier alpha value is -0.150. The Morgan fingerprint density at radius 1 is 0.864 bits per heavy atom. The fourth-order valence-electron chi connectivity index (χ4n) is 7.18. The molecule has 0 amide bonds. The second-order valence-electron chi connectivity index (χ2n) is 9.33. The van der Waals surface area contributed by atoms with E-state index in [1.807, 2.05) is 0 Å². The highest BCUT2D eigenvalue weighted by Crippen LogP contribution is 2.66. The molecule has 4 unspecified atom stereocenters. The van der Waals surface area contributed by atoms with Gasteiger partial charge in [-0.05, 0) is 85.9 Å². The Balaban J connectivity index is 1.63. The van der Waals surface area contributed by atoms with Crippen molar-refractivity contribution in [1.29, 1.82) is 0 Å². The normalized spacial score (nSPS) is 61.2. The van der Waals surface area contributed by atoms with E-state index < -0.39 is 12.3 Å². The van der Waals surface area contributed by atoms with E-state index in [4.69, 9.17) is 0 Å². The number of hydrogen-bond acceptors (Lipinski definition) is 2. The van der Waals surface area contributed by atoms with Crippen molar-refractivity contribution >= 4 is 0 Å². The quantitative estimate of drug-likeness (QED) is 0.716. The second-order valence-corrected chi connectivity index (χ2v) is 9.33. The largest absolute Gasteiger partial charge is 0.393 e. The number of aliphatic hydroxyl groups excluding tert-OH is 2. The zero-order valence-electron chi connectivity index (χ0n) is 14.0. The summed E-state index contributed by atoms with van der Waals surface area (Å²) < 4.78 is 14.2. The molecule has 0 heterocycles. The maximum Gasteiger partial charge on any atom is 0.127 e. The van der Waals surface area contributed by atoms with Gasteiger partial charge in [0.2, 0.25) is 0 Å². The van der Waals surface area contributed by atoms with Crippen LogP contribution in [0.5, 0.6) is 0 Å². The molecule has 2 N–H and O–H groups in total. The first-order valence-electron chi connectivity index (χ1n) is 9.36. The molecule has 22 heavy (non-hydrogen) atoms. The Labute approximate surface area is 133 Å². The summed E-state index contributed by atoms with van der Waals surface area (Å²) in [5.74, 6) is 2.27. The number of alkyl halides is 1. The maximum atomic E-state index is 14.2. The molecule has 4 saturated carbocycles. The Bertz CT molecular complexity index is 455. The standard InChI is InChI=1S/C19H31FO2/c1-18-7-5-12(21)9-11(18)3-4-13-14(18)6-8-19(2)15(13)10-16(20)17(19)22/h11-17,21-22H,3-10H2,1-2H3/t11?,12-,13?,14?,15?,16+,17-,18-,19-/m0/s1. The van der Waals surface area contributed by atoms with Gasteiger partial charge in [-0.15, -0.1) is 0 Å². The third-order valence-corrected chi connectivity index (χ3v) is 8.57. The van der Waals surface area contributed by atoms with E-state index in [0.717, 1.165) is 32.1 Å². The van der Waals surface area contributed by atoms with Crippen LogP contribution < -0.4 is 0 Å². The van der Waals surface area contributed by atoms with Gasteiger partial charge in [-0.3, -0.25) is 0 Å². The molecule has 0 spiro atoms. The van der Waals surface area contributed by atoms with E-state index in [0.29, 0.717) is 35.5 Å². The molecule has 0 radical (unpaired) electrons. The molecule has 0 saturated heterocycles. The summed E-state index contributed by atoms with van der Waals surface area (Å²) in [6.45, 7) is 4.58. The van der Waals surface area contributed by atoms with Crippen molar-refractivity contribution in [2.75, 3.05) is 0 Å². The Kier molecular flexibility index (Phi) is 3.44. The second kappa shape index (κ2) is 4.92. The van der Waals surface area contributed by atoms with Crippen LogP contribution in [0.1, 0.15) is 65.2 Å². The zero-order chi connectivity index (χ0) is 15.7. The lowest BCUT2D eigenvalue weighted by Crippen LogP contribution is -2.54. The molecule has 0 aliphatic heterocycles. The highest BCUT2D eigenvalue weighted by Gasteiger charge is 2.62. The van der Waals surface area contributed by atoms with Crippen molar-refractivity contribution in [3.63, 3.8) is 0 Å². The Morgan fingerprint density at radius 2 is 1.59 bits per heavy atom. The zero-order valence-corrected chi connectivity index (χ0v) is 14.0. The smallest absolute Gasteiger partial charge is 0.127 e. The molecule has 2 nitrogen and oxygen atoms in total. The van der Waals surface area contributed by atoms with Gasteiger partial charge in [0, 0.05) is 0 Å². The van der Waals surface area contributed by atoms with Gasteiger partial charge in [-0.1, -0.05) is 13.8 Å². The molecule has 0 aromatic heterocycles. The lowest BCUT2D eigenvalue weighted by atomic mass is 9.45. The average Bonchev–Trinajstić information content (AvgIpc) is 2.72. The summed E-state index contributed by atoms with van der Waals surface area (Å²) in [5, 5.41) is 20.4. The van der Waals surface area contributed by atoms with Crippen LogP contribution in [0.15, 0.2) is 0 Å². The average molecular weight is 310 g/mol. The van der Waals surface area contributed by atoms with Gasteiger partial charge in [-0.25, -0.2) is 4.39 Å². The first kappa shape index (κ1) is 15.4. The molecule has 4 fully saturated rings. The predicted molar refractivity (Wildman–Crippen MR) is 84.0 cm³/mol. The van der Waals surface area contributed by atoms with E-state index in [1.165, 1.54) is 12.8 Å². The van der Waals surface area contributed by atoms with Crippen LogP contribution in [0.3, 0.4) is 0 Å². The summed E-state index contributed by atoms with van der Waals surface area (Å²) >= 11 is 0. The molecule has 126 valence electrons. The molecule has 4 aliphatic carbocycles. The minimum atomic E-state index is -1.02. The van der Waals surface area contributed by atoms with Gasteiger partial charge >= 0.3 is 0 Å². The van der Waals surface area contributed by atoms with Crippen molar-refractivity contribution < 1.29 is 14.6 Å². The summed E-state index contributed by atoms with van der Waals surface area (Å²) in [4.78, 5) is 0. The van der Waals surface area contributed by atoms with Gasteiger partial charge in [0.25, 0.3) is 0 Å². The molecule has 4 rings (SSSR count). The predicted octanol–water partition coefficient (Wildman–Crippen LogP) is 3.70. The van der Waals surface area contributed by atoms with Crippen molar-refractivity contribution in [3.8, 4) is 0 Å². The van der Waals surface area contributed by atoms with Gasteiger partial charge in [-0.2, -0.15) is 0 Å². The van der Waals surface area contributed by atoms with Crippen molar-refractivity contribution in [3.05, 3.63) is 0 Å². The van der Waals surface area contributed by atoms with E-state index in [2.05, 4.69) is 13.8 Å². The maximum absolute atomic E-state index is 14.2. The summed E-state index contributed by atoms with van der Waals surface area (Å²) in [7, 11) is 0. The first-order valence-corrected chi connectivity index (χ1v) is 9.36. The fourth-order valence-corrected chi connectivity index (χ4v) is 7.18. The molecule has 0 bridgehead atoms. The third kappa shape index (κ3) is 1.90. The highest BCUT2D eigenvalue weighted by molar-refractivity contribution is 5.11. The van der Waals surface area contributed by atoms with Gasteiger partial charge in [0.15, 0.2) is 0 Å². The minimum absolute atomic E-state index is 0.105. The van der Waals surface area contributed by atoms with E-state index in [9.17, 15) is 14.6 Å². The van der Waals surface area contributed by atoms with Crippen LogP contribution in [-0.2, 0) is 0 Å². The lowest BCUT2D eigenvalue weighted by molar-refractivity contribution is -0.134. The number of fused-ring (bicyclic) bond motifs is 5. The molecular formula is C19H31FO2. The summed E-state index contributed by atoms with van der Waals surface area (Å²) in [5.41, 5.74) is 0.140. The number of aliphatic hydroxyl groups is 2.